The number of nitrogens with two attached hydrogens (primary N) is 1. The molecule has 0 heterocycles. The van der Waals surface area contributed by atoms with Crippen molar-refractivity contribution in [2.24, 2.45) is 11.7 Å². The van der Waals surface area contributed by atoms with Gasteiger partial charge in [0.2, 0.25) is 0 Å². The Bertz CT molecular complexity index is 350. The second-order valence-electron chi connectivity index (χ2n) is 5.22. The molecule has 1 aromatic carbocycles. The molecule has 1 unspecified atom stereocenters. The molecule has 0 bridgehead atoms. The molecule has 18 heavy (non-hydrogen) atoms. The summed E-state index contributed by atoms with van der Waals surface area (Å²) in [5.74, 6) is 0.560. The van der Waals surface area contributed by atoms with Crippen LogP contribution < -0.4 is 5.73 Å². The molecule has 0 aliphatic heterocycles. The van der Waals surface area contributed by atoms with Crippen LogP contribution in [-0.4, -0.2) is 24.5 Å². The number of likely N-dealkylation sites (N-methyl/N-ethyl adjacent to an activating group) is 1. The Morgan fingerprint density at radius 1 is 1.22 bits per heavy atom. The molecule has 0 fully saturated rings. The summed E-state index contributed by atoms with van der Waals surface area (Å²) < 4.78 is 0. The van der Waals surface area contributed by atoms with E-state index in [1.807, 2.05) is 12.1 Å². The fourth-order valence-corrected chi connectivity index (χ4v) is 2.10. The van der Waals surface area contributed by atoms with Crippen LogP contribution in [0.25, 0.3) is 0 Å². The van der Waals surface area contributed by atoms with E-state index in [9.17, 15) is 0 Å². The van der Waals surface area contributed by atoms with Gasteiger partial charge in [0, 0.05) is 23.7 Å². The van der Waals surface area contributed by atoms with E-state index in [-0.39, 0.29) is 6.04 Å². The van der Waals surface area contributed by atoms with Crippen LogP contribution in [0.15, 0.2) is 24.3 Å². The van der Waals surface area contributed by atoms with Crippen LogP contribution in [-0.2, 0) is 0 Å². The first-order valence-corrected chi connectivity index (χ1v) is 7.04. The van der Waals surface area contributed by atoms with Crippen molar-refractivity contribution in [3.63, 3.8) is 0 Å². The van der Waals surface area contributed by atoms with Crippen LogP contribution in [0.5, 0.6) is 0 Å². The molecule has 3 heteroatoms. The van der Waals surface area contributed by atoms with E-state index in [2.05, 4.69) is 44.9 Å². The monoisotopic (exact) mass is 268 g/mol. The highest BCUT2D eigenvalue weighted by molar-refractivity contribution is 6.30. The zero-order valence-corrected chi connectivity index (χ0v) is 12.6. The summed E-state index contributed by atoms with van der Waals surface area (Å²) in [6.07, 6.45) is 1.13. The maximum absolute atomic E-state index is 6.21. The van der Waals surface area contributed by atoms with Gasteiger partial charge < -0.3 is 5.73 Å². The molecule has 0 saturated heterocycles. The summed E-state index contributed by atoms with van der Waals surface area (Å²) in [6.45, 7) is 7.52. The van der Waals surface area contributed by atoms with E-state index in [4.69, 9.17) is 17.3 Å². The lowest BCUT2D eigenvalue weighted by Gasteiger charge is -2.30. The molecule has 0 aliphatic rings. The molecule has 0 aromatic heterocycles. The first-order valence-electron chi connectivity index (χ1n) is 6.67. The number of hydrogen-bond acceptors (Lipinski definition) is 2. The van der Waals surface area contributed by atoms with Crippen LogP contribution in [0.4, 0.5) is 0 Å². The van der Waals surface area contributed by atoms with Crippen LogP contribution >= 0.6 is 11.6 Å². The van der Waals surface area contributed by atoms with Gasteiger partial charge in [0.05, 0.1) is 0 Å². The molecule has 1 rings (SSSR count). The van der Waals surface area contributed by atoms with Gasteiger partial charge in [-0.15, -0.1) is 0 Å². The fraction of sp³-hybridized carbons (Fsp3) is 0.600. The largest absolute Gasteiger partial charge is 0.326 e. The molecule has 0 spiro atoms. The Kier molecular flexibility index (Phi) is 6.13. The Hall–Kier alpha value is -0.570. The van der Waals surface area contributed by atoms with E-state index >= 15 is 0 Å². The highest BCUT2D eigenvalue weighted by Gasteiger charge is 2.17. The van der Waals surface area contributed by atoms with Crippen molar-refractivity contribution in [3.8, 4) is 0 Å². The highest BCUT2D eigenvalue weighted by Crippen LogP contribution is 2.21. The quantitative estimate of drug-likeness (QED) is 0.852. The van der Waals surface area contributed by atoms with E-state index in [1.54, 1.807) is 0 Å². The first-order chi connectivity index (χ1) is 8.45. The summed E-state index contributed by atoms with van der Waals surface area (Å²) in [4.78, 5) is 2.31. The second kappa shape index (κ2) is 7.13. The lowest BCUT2D eigenvalue weighted by atomic mass is 9.98. The summed E-state index contributed by atoms with van der Waals surface area (Å²) in [5, 5.41) is 0.782. The van der Waals surface area contributed by atoms with Gasteiger partial charge in [-0.25, -0.2) is 0 Å². The Labute approximate surface area is 116 Å². The molecular formula is C15H25ClN2. The minimum absolute atomic E-state index is 0.231. The summed E-state index contributed by atoms with van der Waals surface area (Å²) in [7, 11) is 2.13. The van der Waals surface area contributed by atoms with Crippen molar-refractivity contribution < 1.29 is 0 Å². The topological polar surface area (TPSA) is 29.3 Å². The minimum Gasteiger partial charge on any atom is -0.326 e. The molecule has 0 aliphatic carbocycles. The highest BCUT2D eigenvalue weighted by atomic mass is 35.5. The third kappa shape index (κ3) is 4.27. The van der Waals surface area contributed by atoms with Gasteiger partial charge in [-0.1, -0.05) is 44.0 Å². The second-order valence-corrected chi connectivity index (χ2v) is 5.65. The van der Waals surface area contributed by atoms with Crippen molar-refractivity contribution in [2.45, 2.75) is 39.3 Å². The fourth-order valence-electron chi connectivity index (χ4n) is 1.97. The average molecular weight is 269 g/mol. The Morgan fingerprint density at radius 3 is 2.28 bits per heavy atom. The number of nitrogens with zero attached hydrogens (tertiary/aromatic N) is 1. The standard InChI is InChI=1S/C15H25ClN2/c1-5-11(2)15(17)10-18(4)12(3)13-6-8-14(16)9-7-13/h6-9,11-12,15H,5,10,17H2,1-4H3/t11-,12?,15+/m0/s1. The summed E-state index contributed by atoms with van der Waals surface area (Å²) in [5.41, 5.74) is 7.48. The van der Waals surface area contributed by atoms with Crippen LogP contribution in [0.3, 0.4) is 0 Å². The van der Waals surface area contributed by atoms with E-state index in [0.29, 0.717) is 12.0 Å². The number of halogens is 1. The van der Waals surface area contributed by atoms with E-state index in [1.165, 1.54) is 5.56 Å². The van der Waals surface area contributed by atoms with Crippen molar-refractivity contribution in [3.05, 3.63) is 34.9 Å². The van der Waals surface area contributed by atoms with Crippen LogP contribution in [0.2, 0.25) is 5.02 Å². The molecule has 2 N–H and O–H groups in total. The van der Waals surface area contributed by atoms with Crippen molar-refractivity contribution in [1.29, 1.82) is 0 Å². The SMILES string of the molecule is CC[C@H](C)[C@H](N)CN(C)C(C)c1ccc(Cl)cc1. The Morgan fingerprint density at radius 2 is 1.78 bits per heavy atom. The maximum atomic E-state index is 6.21. The predicted octanol–water partition coefficient (Wildman–Crippen LogP) is 3.71. The molecule has 0 saturated carbocycles. The van der Waals surface area contributed by atoms with Gasteiger partial charge in [0.25, 0.3) is 0 Å². The van der Waals surface area contributed by atoms with Gasteiger partial charge in [0.1, 0.15) is 0 Å². The molecule has 2 nitrogen and oxygen atoms in total. The smallest absolute Gasteiger partial charge is 0.0406 e. The molecular weight excluding hydrogens is 244 g/mol. The summed E-state index contributed by atoms with van der Waals surface area (Å²) >= 11 is 5.91. The normalized spacial score (nSPS) is 16.6. The number of hydrogen-bond donors (Lipinski definition) is 1. The van der Waals surface area contributed by atoms with Crippen molar-refractivity contribution in [1.82, 2.24) is 4.90 Å². The summed E-state index contributed by atoms with van der Waals surface area (Å²) in [6, 6.07) is 8.63. The first kappa shape index (κ1) is 15.5. The maximum Gasteiger partial charge on any atom is 0.0406 e. The zero-order chi connectivity index (χ0) is 13.7. The number of rotatable bonds is 6. The van der Waals surface area contributed by atoms with E-state index in [0.717, 1.165) is 18.0 Å². The zero-order valence-electron chi connectivity index (χ0n) is 11.9. The van der Waals surface area contributed by atoms with Gasteiger partial charge in [0.15, 0.2) is 0 Å². The van der Waals surface area contributed by atoms with Crippen molar-refractivity contribution >= 4 is 11.6 Å². The molecule has 0 radical (unpaired) electrons. The van der Waals surface area contributed by atoms with Crippen LogP contribution in [0.1, 0.15) is 38.8 Å². The lowest BCUT2D eigenvalue weighted by Crippen LogP contribution is -2.40. The average Bonchev–Trinajstić information content (AvgIpc) is 2.37. The van der Waals surface area contributed by atoms with Gasteiger partial charge in [-0.3, -0.25) is 4.90 Å². The van der Waals surface area contributed by atoms with Crippen molar-refractivity contribution in [2.75, 3.05) is 13.6 Å². The lowest BCUT2D eigenvalue weighted by molar-refractivity contribution is 0.222. The van der Waals surface area contributed by atoms with Crippen LogP contribution in [0, 0.1) is 5.92 Å². The number of benzene rings is 1. The third-order valence-electron chi connectivity index (χ3n) is 3.89. The van der Waals surface area contributed by atoms with Gasteiger partial charge in [-0.2, -0.15) is 0 Å². The Balaban J connectivity index is 2.61. The minimum atomic E-state index is 0.231. The molecule has 3 atom stereocenters. The van der Waals surface area contributed by atoms with Gasteiger partial charge in [-0.05, 0) is 37.6 Å². The predicted molar refractivity (Wildman–Crippen MR) is 79.9 cm³/mol. The van der Waals surface area contributed by atoms with Gasteiger partial charge >= 0.3 is 0 Å². The molecule has 0 amide bonds. The van der Waals surface area contributed by atoms with E-state index < -0.39 is 0 Å². The molecule has 1 aromatic rings. The third-order valence-corrected chi connectivity index (χ3v) is 4.14. The molecule has 102 valence electrons.